The number of fused-ring (bicyclic) bond motifs is 2. The Bertz CT molecular complexity index is 1550. The number of oxazole rings is 1. The van der Waals surface area contributed by atoms with Gasteiger partial charge in [0, 0.05) is 13.1 Å². The Balaban J connectivity index is 1.57. The van der Waals surface area contributed by atoms with Crippen molar-refractivity contribution in [1.82, 2.24) is 14.3 Å². The van der Waals surface area contributed by atoms with Crippen LogP contribution in [0.2, 0.25) is 0 Å². The van der Waals surface area contributed by atoms with Gasteiger partial charge in [-0.1, -0.05) is 25.2 Å². The number of amides is 1. The summed E-state index contributed by atoms with van der Waals surface area (Å²) >= 11 is 1.28. The predicted molar refractivity (Wildman–Crippen MR) is 134 cm³/mol. The number of aromatic nitrogens is 2. The van der Waals surface area contributed by atoms with Crippen molar-refractivity contribution in [2.24, 2.45) is 13.0 Å². The molecule has 35 heavy (non-hydrogen) atoms. The van der Waals surface area contributed by atoms with E-state index in [1.807, 2.05) is 26.8 Å². The molecule has 1 atom stereocenters. The highest BCUT2D eigenvalue weighted by Crippen LogP contribution is 2.29. The fourth-order valence-electron chi connectivity index (χ4n) is 3.62. The fraction of sp³-hybridized carbons (Fsp3) is 0.348. The van der Waals surface area contributed by atoms with E-state index in [0.29, 0.717) is 28.5 Å². The maximum atomic E-state index is 13.1. The lowest BCUT2D eigenvalue weighted by Crippen LogP contribution is -2.44. The summed E-state index contributed by atoms with van der Waals surface area (Å²) < 4.78 is 41.4. The van der Waals surface area contributed by atoms with Gasteiger partial charge in [-0.3, -0.25) is 9.36 Å². The normalized spacial score (nSPS) is 12.9. The number of anilines is 1. The number of carbonyl (C=O) groups is 1. The molecule has 10 nitrogen and oxygen atoms in total. The van der Waals surface area contributed by atoms with E-state index in [0.717, 1.165) is 4.70 Å². The summed E-state index contributed by atoms with van der Waals surface area (Å²) in [5, 5.41) is 3.10. The zero-order valence-corrected chi connectivity index (χ0v) is 21.3. The van der Waals surface area contributed by atoms with Crippen LogP contribution >= 0.6 is 11.3 Å². The van der Waals surface area contributed by atoms with Crippen molar-refractivity contribution < 1.29 is 22.4 Å². The molecule has 2 heterocycles. The first-order valence-electron chi connectivity index (χ1n) is 11.0. The van der Waals surface area contributed by atoms with Gasteiger partial charge < -0.3 is 14.5 Å². The van der Waals surface area contributed by atoms with Gasteiger partial charge in [-0.05, 0) is 49.6 Å². The number of hydrogen-bond donors (Lipinski definition) is 2. The lowest BCUT2D eigenvalue weighted by molar-refractivity contribution is -0.118. The lowest BCUT2D eigenvalue weighted by atomic mass is 10.0. The van der Waals surface area contributed by atoms with E-state index in [9.17, 15) is 18.0 Å². The van der Waals surface area contributed by atoms with Crippen molar-refractivity contribution in [3.05, 3.63) is 46.9 Å². The fourth-order valence-corrected chi connectivity index (χ4v) is 5.74. The summed E-state index contributed by atoms with van der Waals surface area (Å²) in [6.07, 6.45) is 0.271. The van der Waals surface area contributed by atoms with Crippen LogP contribution in [0, 0.1) is 5.92 Å². The molecule has 12 heteroatoms. The first-order valence-corrected chi connectivity index (χ1v) is 13.3. The number of benzene rings is 2. The first-order chi connectivity index (χ1) is 16.6. The van der Waals surface area contributed by atoms with Crippen LogP contribution in [0.1, 0.15) is 27.2 Å². The molecule has 1 amide bonds. The number of aryl methyl sites for hydroxylation is 1. The highest BCUT2D eigenvalue weighted by Gasteiger charge is 2.28. The summed E-state index contributed by atoms with van der Waals surface area (Å²) in [6, 6.07) is 8.55. The maximum Gasteiger partial charge on any atom is 0.419 e. The van der Waals surface area contributed by atoms with Crippen molar-refractivity contribution in [1.29, 1.82) is 0 Å². The number of thiazole rings is 1. The van der Waals surface area contributed by atoms with Gasteiger partial charge in [0.1, 0.15) is 11.8 Å². The molecule has 0 radical (unpaired) electrons. The van der Waals surface area contributed by atoms with Crippen LogP contribution < -0.4 is 20.5 Å². The van der Waals surface area contributed by atoms with Gasteiger partial charge in [-0.15, -0.1) is 0 Å². The highest BCUT2D eigenvalue weighted by atomic mass is 32.2. The molecule has 0 saturated heterocycles. The zero-order valence-electron chi connectivity index (χ0n) is 19.7. The van der Waals surface area contributed by atoms with Crippen molar-refractivity contribution >= 4 is 53.7 Å². The van der Waals surface area contributed by atoms with Crippen LogP contribution in [0.15, 0.2) is 50.5 Å². The van der Waals surface area contributed by atoms with Crippen LogP contribution in [0.3, 0.4) is 0 Å². The van der Waals surface area contributed by atoms with E-state index in [1.54, 1.807) is 12.1 Å². The zero-order chi connectivity index (χ0) is 25.3. The van der Waals surface area contributed by atoms with Gasteiger partial charge in [-0.25, -0.2) is 18.2 Å². The average molecular weight is 519 g/mol. The topological polar surface area (TPSA) is 133 Å². The van der Waals surface area contributed by atoms with E-state index in [4.69, 9.17) is 9.15 Å². The van der Waals surface area contributed by atoms with E-state index in [1.165, 1.54) is 41.2 Å². The third kappa shape index (κ3) is 5.39. The molecular formula is C23H26N4O6S2. The van der Waals surface area contributed by atoms with Crippen molar-refractivity contribution in [3.63, 3.8) is 0 Å². The summed E-state index contributed by atoms with van der Waals surface area (Å²) in [5.74, 6) is -0.368. The minimum absolute atomic E-state index is 0.0344. The van der Waals surface area contributed by atoms with Gasteiger partial charge in [0.05, 0.1) is 27.2 Å². The molecule has 0 spiro atoms. The predicted octanol–water partition coefficient (Wildman–Crippen LogP) is 3.47. The molecule has 0 aliphatic heterocycles. The van der Waals surface area contributed by atoms with Crippen LogP contribution in [0.4, 0.5) is 5.13 Å². The lowest BCUT2D eigenvalue weighted by Gasteiger charge is -2.19. The molecule has 0 bridgehead atoms. The second kappa shape index (κ2) is 9.80. The Hall–Kier alpha value is -3.22. The monoisotopic (exact) mass is 518 g/mol. The first kappa shape index (κ1) is 24.9. The second-order valence-corrected chi connectivity index (χ2v) is 11.2. The Kier molecular flexibility index (Phi) is 6.97. The maximum absolute atomic E-state index is 13.1. The van der Waals surface area contributed by atoms with E-state index in [-0.39, 0.29) is 22.8 Å². The van der Waals surface area contributed by atoms with Crippen molar-refractivity contribution in [3.8, 4) is 5.75 Å². The molecule has 2 aromatic carbocycles. The highest BCUT2D eigenvalue weighted by molar-refractivity contribution is 7.89. The van der Waals surface area contributed by atoms with Crippen LogP contribution in [-0.2, 0) is 21.9 Å². The molecule has 186 valence electrons. The number of nitrogens with one attached hydrogen (secondary N) is 2. The average Bonchev–Trinajstić information content (AvgIpc) is 3.31. The van der Waals surface area contributed by atoms with Gasteiger partial charge in [-0.2, -0.15) is 4.72 Å². The van der Waals surface area contributed by atoms with E-state index in [2.05, 4.69) is 15.0 Å². The minimum Gasteiger partial charge on any atom is -0.494 e. The SMILES string of the molecule is CCOc1ccc2nc(NC(=O)C(CC(C)C)NS(=O)(=O)c3ccc4c(c3)oc(=O)n4C)sc2c1. The number of sulfonamides is 1. The molecule has 0 saturated carbocycles. The van der Waals surface area contributed by atoms with Crippen LogP contribution in [0.5, 0.6) is 5.75 Å². The smallest absolute Gasteiger partial charge is 0.419 e. The Morgan fingerprint density at radius 1 is 1.23 bits per heavy atom. The molecule has 2 aromatic heterocycles. The van der Waals surface area contributed by atoms with E-state index >= 15 is 0 Å². The summed E-state index contributed by atoms with van der Waals surface area (Å²) in [4.78, 5) is 29.2. The molecular weight excluding hydrogens is 492 g/mol. The molecule has 0 fully saturated rings. The van der Waals surface area contributed by atoms with Crippen molar-refractivity contribution in [2.45, 2.75) is 38.1 Å². The van der Waals surface area contributed by atoms with Crippen LogP contribution in [-0.4, -0.2) is 36.5 Å². The summed E-state index contributed by atoms with van der Waals surface area (Å²) in [6.45, 7) is 6.22. The standard InChI is InChI=1S/C23H26N4O6S2/c1-5-32-14-6-8-16-20(11-14)34-22(24-16)25-21(28)17(10-13(2)3)26-35(30,31)15-7-9-18-19(12-15)33-23(29)27(18)4/h6-9,11-13,17,26H,5,10H2,1-4H3,(H,24,25,28). The third-order valence-corrected chi connectivity index (χ3v) is 7.70. The Morgan fingerprint density at radius 3 is 2.71 bits per heavy atom. The number of carbonyl (C=O) groups excluding carboxylic acids is 1. The summed E-state index contributed by atoms with van der Waals surface area (Å²) in [7, 11) is -2.56. The molecule has 4 rings (SSSR count). The van der Waals surface area contributed by atoms with E-state index < -0.39 is 27.7 Å². The largest absolute Gasteiger partial charge is 0.494 e. The molecule has 0 aliphatic rings. The number of rotatable bonds is 9. The molecule has 1 unspecified atom stereocenters. The van der Waals surface area contributed by atoms with Gasteiger partial charge in [0.25, 0.3) is 0 Å². The number of hydrogen-bond acceptors (Lipinski definition) is 8. The Labute approximate surface area is 206 Å². The molecule has 0 aliphatic carbocycles. The molecule has 2 N–H and O–H groups in total. The number of nitrogens with zero attached hydrogens (tertiary/aromatic N) is 2. The minimum atomic E-state index is -4.09. The van der Waals surface area contributed by atoms with Crippen molar-refractivity contribution in [2.75, 3.05) is 11.9 Å². The van der Waals surface area contributed by atoms with Gasteiger partial charge in [0.2, 0.25) is 15.9 Å². The number of ether oxygens (including phenoxy) is 1. The quantitative estimate of drug-likeness (QED) is 0.347. The summed E-state index contributed by atoms with van der Waals surface area (Å²) in [5.41, 5.74) is 1.31. The third-order valence-electron chi connectivity index (χ3n) is 5.30. The van der Waals surface area contributed by atoms with Gasteiger partial charge in [0.15, 0.2) is 10.7 Å². The van der Waals surface area contributed by atoms with Gasteiger partial charge >= 0.3 is 5.76 Å². The van der Waals surface area contributed by atoms with Crippen LogP contribution in [0.25, 0.3) is 21.3 Å². The second-order valence-electron chi connectivity index (χ2n) is 8.43. The Morgan fingerprint density at radius 2 is 2.00 bits per heavy atom. The molecule has 4 aromatic rings.